The van der Waals surface area contributed by atoms with Crippen LogP contribution in [-0.2, 0) is 11.3 Å². The fourth-order valence-electron chi connectivity index (χ4n) is 3.45. The number of piperidine rings is 1. The van der Waals surface area contributed by atoms with Crippen molar-refractivity contribution in [3.05, 3.63) is 63.6 Å². The predicted molar refractivity (Wildman–Crippen MR) is 107 cm³/mol. The Morgan fingerprint density at radius 1 is 1.20 bits per heavy atom. The number of likely N-dealkylation sites (tertiary alicyclic amines) is 1. The third-order valence-electron chi connectivity index (χ3n) is 4.84. The minimum Gasteiger partial charge on any atom is -0.326 e. The summed E-state index contributed by atoms with van der Waals surface area (Å²) in [5.41, 5.74) is 4.56. The molecular formula is C21H25BrN2O. The molecule has 1 saturated heterocycles. The molecule has 1 amide bonds. The van der Waals surface area contributed by atoms with E-state index in [0.29, 0.717) is 0 Å². The SMILES string of the molecule is Cc1ccc(NC(=O)C2CCCN(Cc3ccc(Br)cc3)C2)c(C)c1. The summed E-state index contributed by atoms with van der Waals surface area (Å²) in [5, 5.41) is 3.13. The molecule has 1 unspecified atom stereocenters. The van der Waals surface area contributed by atoms with Gasteiger partial charge in [-0.15, -0.1) is 0 Å². The van der Waals surface area contributed by atoms with Crippen LogP contribution in [0.2, 0.25) is 0 Å². The molecule has 132 valence electrons. The minimum absolute atomic E-state index is 0.0601. The van der Waals surface area contributed by atoms with E-state index < -0.39 is 0 Å². The van der Waals surface area contributed by atoms with Crippen LogP contribution in [0.25, 0.3) is 0 Å². The van der Waals surface area contributed by atoms with Gasteiger partial charge in [0.15, 0.2) is 0 Å². The molecule has 1 aliphatic rings. The number of benzene rings is 2. The van der Waals surface area contributed by atoms with E-state index in [1.807, 2.05) is 19.1 Å². The molecule has 1 atom stereocenters. The normalized spacial score (nSPS) is 18.1. The maximum atomic E-state index is 12.7. The van der Waals surface area contributed by atoms with Crippen molar-refractivity contribution in [2.24, 2.45) is 5.92 Å². The Balaban J connectivity index is 1.60. The molecule has 1 fully saturated rings. The van der Waals surface area contributed by atoms with Gasteiger partial charge < -0.3 is 5.32 Å². The first-order chi connectivity index (χ1) is 12.0. The van der Waals surface area contributed by atoms with Crippen molar-refractivity contribution in [3.8, 4) is 0 Å². The number of carbonyl (C=O) groups excluding carboxylic acids is 1. The molecule has 1 N–H and O–H groups in total. The van der Waals surface area contributed by atoms with E-state index in [-0.39, 0.29) is 11.8 Å². The smallest absolute Gasteiger partial charge is 0.228 e. The fourth-order valence-corrected chi connectivity index (χ4v) is 3.71. The highest BCUT2D eigenvalue weighted by Crippen LogP contribution is 2.22. The molecule has 3 rings (SSSR count). The lowest BCUT2D eigenvalue weighted by atomic mass is 9.96. The molecule has 2 aromatic rings. The summed E-state index contributed by atoms with van der Waals surface area (Å²) in [4.78, 5) is 15.1. The fraction of sp³-hybridized carbons (Fsp3) is 0.381. The van der Waals surface area contributed by atoms with Gasteiger partial charge in [0.1, 0.15) is 0 Å². The average molecular weight is 401 g/mol. The Morgan fingerprint density at radius 2 is 1.96 bits per heavy atom. The average Bonchev–Trinajstić information content (AvgIpc) is 2.60. The molecule has 1 aliphatic heterocycles. The van der Waals surface area contributed by atoms with E-state index in [1.165, 1.54) is 11.1 Å². The third kappa shape index (κ3) is 4.93. The van der Waals surface area contributed by atoms with Crippen LogP contribution in [0.15, 0.2) is 46.9 Å². The lowest BCUT2D eigenvalue weighted by molar-refractivity contribution is -0.121. The zero-order valence-corrected chi connectivity index (χ0v) is 16.5. The van der Waals surface area contributed by atoms with Crippen molar-refractivity contribution in [2.45, 2.75) is 33.2 Å². The summed E-state index contributed by atoms with van der Waals surface area (Å²) < 4.78 is 1.10. The van der Waals surface area contributed by atoms with Crippen molar-refractivity contribution in [3.63, 3.8) is 0 Å². The Hall–Kier alpha value is -1.65. The van der Waals surface area contributed by atoms with E-state index in [9.17, 15) is 4.79 Å². The molecule has 0 radical (unpaired) electrons. The first-order valence-corrected chi connectivity index (χ1v) is 9.65. The molecule has 1 heterocycles. The maximum Gasteiger partial charge on any atom is 0.228 e. The summed E-state index contributed by atoms with van der Waals surface area (Å²) >= 11 is 3.47. The lowest BCUT2D eigenvalue weighted by Gasteiger charge is -2.32. The molecule has 0 saturated carbocycles. The molecule has 0 aliphatic carbocycles. The molecular weight excluding hydrogens is 376 g/mol. The molecule has 4 heteroatoms. The molecule has 2 aromatic carbocycles. The topological polar surface area (TPSA) is 32.3 Å². The van der Waals surface area contributed by atoms with Gasteiger partial charge in [0.25, 0.3) is 0 Å². The van der Waals surface area contributed by atoms with E-state index in [4.69, 9.17) is 0 Å². The molecule has 25 heavy (non-hydrogen) atoms. The number of aryl methyl sites for hydroxylation is 2. The minimum atomic E-state index is 0.0601. The van der Waals surface area contributed by atoms with Crippen molar-refractivity contribution >= 4 is 27.5 Å². The van der Waals surface area contributed by atoms with Crippen LogP contribution in [0.4, 0.5) is 5.69 Å². The van der Waals surface area contributed by atoms with Crippen LogP contribution in [0.3, 0.4) is 0 Å². The Labute approximate surface area is 158 Å². The Kier molecular flexibility index (Phi) is 5.92. The second-order valence-corrected chi connectivity index (χ2v) is 7.92. The quantitative estimate of drug-likeness (QED) is 0.789. The number of hydrogen-bond donors (Lipinski definition) is 1. The first kappa shape index (κ1) is 18.2. The number of nitrogens with zero attached hydrogens (tertiary/aromatic N) is 1. The number of anilines is 1. The summed E-state index contributed by atoms with van der Waals surface area (Å²) in [5.74, 6) is 0.206. The predicted octanol–water partition coefficient (Wildman–Crippen LogP) is 4.92. The number of rotatable bonds is 4. The molecule has 0 spiro atoms. The number of nitrogens with one attached hydrogen (secondary N) is 1. The zero-order chi connectivity index (χ0) is 17.8. The first-order valence-electron chi connectivity index (χ1n) is 8.86. The summed E-state index contributed by atoms with van der Waals surface area (Å²) in [6.45, 7) is 6.90. The van der Waals surface area contributed by atoms with Crippen molar-refractivity contribution in [1.82, 2.24) is 4.90 Å². The van der Waals surface area contributed by atoms with Crippen LogP contribution < -0.4 is 5.32 Å². The highest BCUT2D eigenvalue weighted by Gasteiger charge is 2.26. The van der Waals surface area contributed by atoms with Crippen LogP contribution >= 0.6 is 15.9 Å². The van der Waals surface area contributed by atoms with E-state index >= 15 is 0 Å². The number of hydrogen-bond acceptors (Lipinski definition) is 2. The summed E-state index contributed by atoms with van der Waals surface area (Å²) in [6.07, 6.45) is 2.04. The number of amides is 1. The molecule has 3 nitrogen and oxygen atoms in total. The van der Waals surface area contributed by atoms with Crippen LogP contribution in [0.5, 0.6) is 0 Å². The van der Waals surface area contributed by atoms with Crippen molar-refractivity contribution < 1.29 is 4.79 Å². The highest BCUT2D eigenvalue weighted by molar-refractivity contribution is 9.10. The second-order valence-electron chi connectivity index (χ2n) is 7.01. The van der Waals surface area contributed by atoms with Gasteiger partial charge in [-0.1, -0.05) is 45.8 Å². The van der Waals surface area contributed by atoms with Crippen LogP contribution in [-0.4, -0.2) is 23.9 Å². The summed E-state index contributed by atoms with van der Waals surface area (Å²) in [6, 6.07) is 14.6. The van der Waals surface area contributed by atoms with Gasteiger partial charge in [0.05, 0.1) is 5.92 Å². The Bertz CT molecular complexity index is 742. The van der Waals surface area contributed by atoms with Gasteiger partial charge in [-0.25, -0.2) is 0 Å². The maximum absolute atomic E-state index is 12.7. The van der Waals surface area contributed by atoms with Gasteiger partial charge >= 0.3 is 0 Å². The van der Waals surface area contributed by atoms with Crippen LogP contribution in [0, 0.1) is 19.8 Å². The number of halogens is 1. The lowest BCUT2D eigenvalue weighted by Crippen LogP contribution is -2.40. The Morgan fingerprint density at radius 3 is 2.68 bits per heavy atom. The highest BCUT2D eigenvalue weighted by atomic mass is 79.9. The van der Waals surface area contributed by atoms with E-state index in [2.05, 4.69) is 63.4 Å². The van der Waals surface area contributed by atoms with Crippen molar-refractivity contribution in [2.75, 3.05) is 18.4 Å². The van der Waals surface area contributed by atoms with Crippen LogP contribution in [0.1, 0.15) is 29.5 Å². The van der Waals surface area contributed by atoms with Gasteiger partial charge in [-0.05, 0) is 62.6 Å². The van der Waals surface area contributed by atoms with Gasteiger partial charge in [-0.3, -0.25) is 9.69 Å². The third-order valence-corrected chi connectivity index (χ3v) is 5.36. The van der Waals surface area contributed by atoms with Gasteiger partial charge in [0, 0.05) is 23.2 Å². The monoisotopic (exact) mass is 400 g/mol. The van der Waals surface area contributed by atoms with Gasteiger partial charge in [-0.2, -0.15) is 0 Å². The number of carbonyl (C=O) groups is 1. The van der Waals surface area contributed by atoms with Gasteiger partial charge in [0.2, 0.25) is 5.91 Å². The largest absolute Gasteiger partial charge is 0.326 e. The standard InChI is InChI=1S/C21H25BrN2O/c1-15-5-10-20(16(2)12-15)23-21(25)18-4-3-11-24(14-18)13-17-6-8-19(22)9-7-17/h5-10,12,18H,3-4,11,13-14H2,1-2H3,(H,23,25). The second kappa shape index (κ2) is 8.15. The molecule has 0 aromatic heterocycles. The summed E-state index contributed by atoms with van der Waals surface area (Å²) in [7, 11) is 0. The van der Waals surface area contributed by atoms with E-state index in [1.54, 1.807) is 0 Å². The van der Waals surface area contributed by atoms with Crippen molar-refractivity contribution in [1.29, 1.82) is 0 Å². The zero-order valence-electron chi connectivity index (χ0n) is 14.9. The van der Waals surface area contributed by atoms with E-state index in [0.717, 1.165) is 48.2 Å². The molecule has 0 bridgehead atoms.